The molecule has 6 rings (SSSR count). The summed E-state index contributed by atoms with van der Waals surface area (Å²) < 4.78 is 61.1. The van der Waals surface area contributed by atoms with E-state index in [0.717, 1.165) is 43.6 Å². The highest BCUT2D eigenvalue weighted by molar-refractivity contribution is 5.98. The fourth-order valence-corrected chi connectivity index (χ4v) is 6.62. The third-order valence-electron chi connectivity index (χ3n) is 9.45. The largest absolute Gasteiger partial charge is 0.348 e. The number of alkyl halides is 3. The number of imidazole rings is 1. The Hall–Kier alpha value is -4.00. The molecule has 0 aliphatic carbocycles. The Morgan fingerprint density at radius 2 is 1.91 bits per heavy atom. The molecule has 3 aromatic heterocycles. The van der Waals surface area contributed by atoms with Gasteiger partial charge in [-0.1, -0.05) is 33.1 Å². The summed E-state index contributed by atoms with van der Waals surface area (Å²) in [4.78, 5) is 35.8. The molecule has 2 aliphatic heterocycles. The summed E-state index contributed by atoms with van der Waals surface area (Å²) in [6.45, 7) is 6.29. The topological polar surface area (TPSA) is 106 Å². The van der Waals surface area contributed by atoms with Gasteiger partial charge >= 0.3 is 0 Å². The van der Waals surface area contributed by atoms with Gasteiger partial charge in [0.05, 0.1) is 46.6 Å². The van der Waals surface area contributed by atoms with Gasteiger partial charge in [-0.15, -0.1) is 0 Å². The standard InChI is InChI=1S/C34H41F4N7O2/c1-19-24-9-8-20-14-28(44(30(20)41-24)13-7-5-4-6-11-34(2,3)33(47)40-19)31-42-25-15-21(23(36)16-27(25)45(31)18-29(37)38)32(46)43-26-17-39-12-10-22(26)35/h8-9,14-16,19,22,26,29,39H,4-7,10-13,17-18H2,1-3H3,(H,40,47)(H,43,46)/t19-,22+,26+/m1/s1. The van der Waals surface area contributed by atoms with Crippen LogP contribution >= 0.6 is 0 Å². The molecule has 252 valence electrons. The van der Waals surface area contributed by atoms with Gasteiger partial charge in [0, 0.05) is 30.0 Å². The van der Waals surface area contributed by atoms with Gasteiger partial charge < -0.3 is 25.1 Å². The number of carbonyl (C=O) groups is 2. The van der Waals surface area contributed by atoms with Crippen LogP contribution in [0.4, 0.5) is 17.6 Å². The van der Waals surface area contributed by atoms with E-state index in [1.807, 2.05) is 43.5 Å². The highest BCUT2D eigenvalue weighted by Crippen LogP contribution is 2.34. The quantitative estimate of drug-likeness (QED) is 0.227. The zero-order chi connectivity index (χ0) is 33.5. The third-order valence-corrected chi connectivity index (χ3v) is 9.45. The summed E-state index contributed by atoms with van der Waals surface area (Å²) in [7, 11) is 0. The van der Waals surface area contributed by atoms with Crippen LogP contribution in [0.3, 0.4) is 0 Å². The van der Waals surface area contributed by atoms with E-state index in [9.17, 15) is 22.8 Å². The molecule has 4 aromatic rings. The Labute approximate surface area is 270 Å². The molecule has 0 saturated carbocycles. The molecule has 1 fully saturated rings. The molecule has 2 bridgehead atoms. The highest BCUT2D eigenvalue weighted by atomic mass is 19.3. The average Bonchev–Trinajstić information content (AvgIpc) is 3.55. The normalized spacial score (nSPS) is 22.5. The monoisotopic (exact) mass is 655 g/mol. The second-order valence-electron chi connectivity index (χ2n) is 13.4. The molecule has 1 aromatic carbocycles. The lowest BCUT2D eigenvalue weighted by molar-refractivity contribution is -0.130. The molecule has 0 unspecified atom stereocenters. The van der Waals surface area contributed by atoms with Crippen molar-refractivity contribution in [3.63, 3.8) is 0 Å². The summed E-state index contributed by atoms with van der Waals surface area (Å²) in [5.41, 5.74) is 1.25. The van der Waals surface area contributed by atoms with E-state index in [1.54, 1.807) is 0 Å². The Morgan fingerprint density at radius 1 is 1.13 bits per heavy atom. The minimum absolute atomic E-state index is 0.0408. The average molecular weight is 656 g/mol. The molecule has 5 heterocycles. The fraction of sp³-hybridized carbons (Fsp3) is 0.529. The van der Waals surface area contributed by atoms with Crippen LogP contribution in [0.25, 0.3) is 33.6 Å². The first kappa shape index (κ1) is 32.9. The second-order valence-corrected chi connectivity index (χ2v) is 13.4. The summed E-state index contributed by atoms with van der Waals surface area (Å²) in [5, 5.41) is 9.43. The maximum atomic E-state index is 15.5. The van der Waals surface area contributed by atoms with E-state index in [1.165, 1.54) is 10.6 Å². The van der Waals surface area contributed by atoms with Crippen molar-refractivity contribution in [1.82, 2.24) is 35.1 Å². The van der Waals surface area contributed by atoms with Crippen LogP contribution in [-0.4, -0.2) is 62.6 Å². The van der Waals surface area contributed by atoms with E-state index >= 15 is 4.39 Å². The Balaban J connectivity index is 1.44. The molecule has 0 spiro atoms. The Bertz CT molecular complexity index is 1800. The minimum atomic E-state index is -2.76. The molecule has 2 amide bonds. The van der Waals surface area contributed by atoms with Crippen LogP contribution in [-0.2, 0) is 17.9 Å². The first-order chi connectivity index (χ1) is 22.4. The van der Waals surface area contributed by atoms with Gasteiger partial charge in [0.25, 0.3) is 12.3 Å². The van der Waals surface area contributed by atoms with Gasteiger partial charge in [-0.25, -0.2) is 27.5 Å². The number of amides is 2. The molecule has 9 nitrogen and oxygen atoms in total. The van der Waals surface area contributed by atoms with Crippen LogP contribution in [0.1, 0.15) is 81.4 Å². The van der Waals surface area contributed by atoms with Gasteiger partial charge in [0.2, 0.25) is 5.91 Å². The van der Waals surface area contributed by atoms with Crippen molar-refractivity contribution >= 4 is 33.9 Å². The van der Waals surface area contributed by atoms with Gasteiger partial charge in [-0.05, 0) is 57.0 Å². The van der Waals surface area contributed by atoms with Crippen LogP contribution in [0, 0.1) is 11.2 Å². The number of hydrogen-bond donors (Lipinski definition) is 3. The van der Waals surface area contributed by atoms with Crippen LogP contribution < -0.4 is 16.0 Å². The number of halogens is 4. The number of pyridine rings is 1. The van der Waals surface area contributed by atoms with Crippen LogP contribution in [0.2, 0.25) is 0 Å². The zero-order valence-electron chi connectivity index (χ0n) is 26.9. The number of benzene rings is 1. The number of hydrogen-bond acceptors (Lipinski definition) is 5. The first-order valence-electron chi connectivity index (χ1n) is 16.4. The molecule has 47 heavy (non-hydrogen) atoms. The second kappa shape index (κ2) is 13.2. The SMILES string of the molecule is C[C@H]1NC(=O)C(C)(C)CCCCCCn2c(-c3nc4cc(C(=O)N[C@H]5CNCC[C@@H]5F)c(F)cc4n3CC(F)F)cc3ccc1nc32. The van der Waals surface area contributed by atoms with Gasteiger partial charge in [-0.2, -0.15) is 0 Å². The van der Waals surface area contributed by atoms with E-state index in [4.69, 9.17) is 9.97 Å². The van der Waals surface area contributed by atoms with Gasteiger partial charge in [0.1, 0.15) is 17.6 Å². The number of rotatable bonds is 5. The van der Waals surface area contributed by atoms with Crippen molar-refractivity contribution in [2.45, 2.75) is 97.1 Å². The maximum Gasteiger partial charge on any atom is 0.256 e. The smallest absolute Gasteiger partial charge is 0.256 e. The molecule has 2 aliphatic rings. The first-order valence-corrected chi connectivity index (χ1v) is 16.4. The van der Waals surface area contributed by atoms with E-state index < -0.39 is 42.3 Å². The zero-order valence-corrected chi connectivity index (χ0v) is 26.9. The Kier molecular flexibility index (Phi) is 9.28. The molecular formula is C34H41F4N7O2. The van der Waals surface area contributed by atoms with Crippen molar-refractivity contribution in [2.75, 3.05) is 13.1 Å². The number of fused-ring (bicyclic) bond motifs is 2. The van der Waals surface area contributed by atoms with Crippen molar-refractivity contribution < 1.29 is 27.2 Å². The molecule has 13 heteroatoms. The number of carbonyl (C=O) groups excluding carboxylic acids is 2. The Morgan fingerprint density at radius 3 is 2.68 bits per heavy atom. The number of aromatic nitrogens is 4. The molecule has 1 saturated heterocycles. The van der Waals surface area contributed by atoms with E-state index in [0.29, 0.717) is 30.1 Å². The summed E-state index contributed by atoms with van der Waals surface area (Å²) >= 11 is 0. The predicted molar refractivity (Wildman–Crippen MR) is 171 cm³/mol. The van der Waals surface area contributed by atoms with Crippen molar-refractivity contribution in [1.29, 1.82) is 0 Å². The number of aryl methyl sites for hydroxylation is 1. The summed E-state index contributed by atoms with van der Waals surface area (Å²) in [6, 6.07) is 6.66. The van der Waals surface area contributed by atoms with Crippen LogP contribution in [0.5, 0.6) is 0 Å². The number of nitrogens with one attached hydrogen (secondary N) is 3. The predicted octanol–water partition coefficient (Wildman–Crippen LogP) is 6.05. The molecule has 3 N–H and O–H groups in total. The maximum absolute atomic E-state index is 15.5. The highest BCUT2D eigenvalue weighted by Gasteiger charge is 2.30. The summed E-state index contributed by atoms with van der Waals surface area (Å²) in [6.07, 6.45) is 0.426. The molecular weight excluding hydrogens is 614 g/mol. The lowest BCUT2D eigenvalue weighted by Gasteiger charge is -2.27. The number of piperidine rings is 1. The number of nitrogens with zero attached hydrogens (tertiary/aromatic N) is 4. The lowest BCUT2D eigenvalue weighted by Crippen LogP contribution is -2.52. The lowest BCUT2D eigenvalue weighted by atomic mass is 9.85. The van der Waals surface area contributed by atoms with Gasteiger partial charge in [-0.3, -0.25) is 9.59 Å². The van der Waals surface area contributed by atoms with Crippen molar-refractivity contribution in [3.8, 4) is 11.5 Å². The minimum Gasteiger partial charge on any atom is -0.348 e. The fourth-order valence-electron chi connectivity index (χ4n) is 6.62. The molecule has 0 radical (unpaired) electrons. The summed E-state index contributed by atoms with van der Waals surface area (Å²) in [5.74, 6) is -1.56. The molecule has 3 atom stereocenters. The van der Waals surface area contributed by atoms with Crippen LogP contribution in [0.15, 0.2) is 30.3 Å². The van der Waals surface area contributed by atoms with Gasteiger partial charge in [0.15, 0.2) is 5.82 Å². The third kappa shape index (κ3) is 6.72. The van der Waals surface area contributed by atoms with Crippen molar-refractivity contribution in [3.05, 3.63) is 47.4 Å². The van der Waals surface area contributed by atoms with E-state index in [-0.39, 0.29) is 47.3 Å². The van der Waals surface area contributed by atoms with E-state index in [2.05, 4.69) is 16.0 Å². The van der Waals surface area contributed by atoms with Crippen molar-refractivity contribution in [2.24, 2.45) is 5.41 Å².